The van der Waals surface area contributed by atoms with Crippen molar-refractivity contribution in [1.82, 2.24) is 0 Å². The van der Waals surface area contributed by atoms with E-state index in [9.17, 15) is 4.79 Å². The lowest BCUT2D eigenvalue weighted by molar-refractivity contribution is -0.151. The van der Waals surface area contributed by atoms with E-state index in [4.69, 9.17) is 10.5 Å². The monoisotopic (exact) mass is 359 g/mol. The van der Waals surface area contributed by atoms with Crippen LogP contribution < -0.4 is 5.73 Å². The summed E-state index contributed by atoms with van der Waals surface area (Å²) >= 11 is 5.05. The van der Waals surface area contributed by atoms with Gasteiger partial charge in [0, 0.05) is 15.8 Å². The van der Waals surface area contributed by atoms with Crippen molar-refractivity contribution in [2.75, 3.05) is 5.75 Å². The molecule has 0 aliphatic heterocycles. The van der Waals surface area contributed by atoms with E-state index in [-0.39, 0.29) is 17.3 Å². The van der Waals surface area contributed by atoms with Crippen molar-refractivity contribution in [3.63, 3.8) is 0 Å². The number of benzene rings is 1. The molecule has 0 aliphatic rings. The Morgan fingerprint density at radius 3 is 2.50 bits per heavy atom. The normalized spacial score (nSPS) is 14.7. The van der Waals surface area contributed by atoms with E-state index >= 15 is 0 Å². The second-order valence-electron chi connectivity index (χ2n) is 5.70. The van der Waals surface area contributed by atoms with Gasteiger partial charge in [-0.25, -0.2) is 0 Å². The lowest BCUT2D eigenvalue weighted by atomic mass is 10.1. The van der Waals surface area contributed by atoms with Crippen molar-refractivity contribution in [3.05, 3.63) is 34.3 Å². The molecule has 2 atom stereocenters. The van der Waals surface area contributed by atoms with Crippen molar-refractivity contribution < 1.29 is 9.53 Å². The van der Waals surface area contributed by atoms with Gasteiger partial charge in [-0.15, -0.1) is 11.8 Å². The van der Waals surface area contributed by atoms with Crippen molar-refractivity contribution in [2.24, 2.45) is 5.73 Å². The van der Waals surface area contributed by atoms with Gasteiger partial charge in [-0.2, -0.15) is 0 Å². The Morgan fingerprint density at radius 1 is 1.40 bits per heavy atom. The number of halogens is 1. The van der Waals surface area contributed by atoms with Crippen LogP contribution in [-0.4, -0.2) is 23.4 Å². The van der Waals surface area contributed by atoms with E-state index in [1.165, 1.54) is 11.8 Å². The van der Waals surface area contributed by atoms with Gasteiger partial charge in [0.1, 0.15) is 5.60 Å². The first kappa shape index (κ1) is 17.5. The first-order chi connectivity index (χ1) is 9.20. The first-order valence-electron chi connectivity index (χ1n) is 6.54. The number of carbonyl (C=O) groups excluding carboxylic acids is 1. The minimum atomic E-state index is -0.450. The fraction of sp³-hybridized carbons (Fsp3) is 0.533. The van der Waals surface area contributed by atoms with Crippen LogP contribution >= 0.6 is 27.7 Å². The van der Waals surface area contributed by atoms with Gasteiger partial charge in [-0.3, -0.25) is 4.79 Å². The van der Waals surface area contributed by atoms with Crippen LogP contribution in [0.3, 0.4) is 0 Å². The molecule has 2 N–H and O–H groups in total. The molecule has 0 radical (unpaired) electrons. The summed E-state index contributed by atoms with van der Waals surface area (Å²) < 4.78 is 6.33. The largest absolute Gasteiger partial charge is 0.459 e. The molecule has 0 amide bonds. The number of thioether (sulfide) groups is 1. The summed E-state index contributed by atoms with van der Waals surface area (Å²) in [6, 6.07) is 7.90. The summed E-state index contributed by atoms with van der Waals surface area (Å²) in [5.74, 6) is 0.0883. The molecule has 1 aromatic rings. The molecular weight excluding hydrogens is 338 g/mol. The highest BCUT2D eigenvalue weighted by Gasteiger charge is 2.22. The first-order valence-corrected chi connectivity index (χ1v) is 8.38. The smallest absolute Gasteiger partial charge is 0.316 e. The molecule has 0 fully saturated rings. The maximum absolute atomic E-state index is 11.8. The predicted molar refractivity (Wildman–Crippen MR) is 88.8 cm³/mol. The van der Waals surface area contributed by atoms with Crippen LogP contribution in [0.4, 0.5) is 0 Å². The summed E-state index contributed by atoms with van der Waals surface area (Å²) in [5, 5.41) is 0.0538. The summed E-state index contributed by atoms with van der Waals surface area (Å²) in [5.41, 5.74) is 6.72. The van der Waals surface area contributed by atoms with E-state index < -0.39 is 5.60 Å². The summed E-state index contributed by atoms with van der Waals surface area (Å²) in [7, 11) is 0. The third-order valence-electron chi connectivity index (χ3n) is 2.49. The standard InChI is InChI=1S/C15H22BrNO2S/c1-10(17)14(11-7-5-6-8-12(11)16)20-9-13(18)19-15(2,3)4/h5-8,10,14H,9,17H2,1-4H3. The second kappa shape index (κ2) is 7.48. The summed E-state index contributed by atoms with van der Waals surface area (Å²) in [4.78, 5) is 11.8. The minimum Gasteiger partial charge on any atom is -0.459 e. The molecule has 112 valence electrons. The molecule has 20 heavy (non-hydrogen) atoms. The van der Waals surface area contributed by atoms with Gasteiger partial charge in [0.2, 0.25) is 0 Å². The molecule has 0 aliphatic carbocycles. The number of hydrogen-bond acceptors (Lipinski definition) is 4. The van der Waals surface area contributed by atoms with Gasteiger partial charge in [0.25, 0.3) is 0 Å². The van der Waals surface area contributed by atoms with Gasteiger partial charge in [0.05, 0.1) is 5.75 Å². The van der Waals surface area contributed by atoms with Crippen molar-refractivity contribution in [3.8, 4) is 0 Å². The fourth-order valence-corrected chi connectivity index (χ4v) is 3.51. The highest BCUT2D eigenvalue weighted by atomic mass is 79.9. The van der Waals surface area contributed by atoms with Gasteiger partial charge in [0.15, 0.2) is 0 Å². The third-order valence-corrected chi connectivity index (χ3v) is 4.66. The highest BCUT2D eigenvalue weighted by molar-refractivity contribution is 9.10. The molecule has 1 rings (SSSR count). The quantitative estimate of drug-likeness (QED) is 0.809. The Balaban J connectivity index is 2.71. The number of ether oxygens (including phenoxy) is 1. The fourth-order valence-electron chi connectivity index (χ4n) is 1.76. The minimum absolute atomic E-state index is 0.0538. The molecule has 0 saturated carbocycles. The van der Waals surface area contributed by atoms with Crippen LogP contribution in [0.1, 0.15) is 38.5 Å². The van der Waals surface area contributed by atoms with Crippen molar-refractivity contribution >= 4 is 33.7 Å². The van der Waals surface area contributed by atoms with Crippen molar-refractivity contribution in [1.29, 1.82) is 0 Å². The van der Waals surface area contributed by atoms with Gasteiger partial charge in [-0.1, -0.05) is 34.1 Å². The topological polar surface area (TPSA) is 52.3 Å². The number of esters is 1. The zero-order chi connectivity index (χ0) is 15.3. The number of nitrogens with two attached hydrogens (primary N) is 1. The molecule has 3 nitrogen and oxygen atoms in total. The van der Waals surface area contributed by atoms with Crippen LogP contribution in [0.2, 0.25) is 0 Å². The SMILES string of the molecule is CC(N)C(SCC(=O)OC(C)(C)C)c1ccccc1Br. The maximum atomic E-state index is 11.8. The number of rotatable bonds is 5. The third kappa shape index (κ3) is 5.85. The molecule has 5 heteroatoms. The maximum Gasteiger partial charge on any atom is 0.316 e. The Kier molecular flexibility index (Phi) is 6.55. The lowest BCUT2D eigenvalue weighted by Gasteiger charge is -2.23. The number of carbonyl (C=O) groups is 1. The summed E-state index contributed by atoms with van der Waals surface area (Å²) in [6.07, 6.45) is 0. The Hall–Kier alpha value is -0.520. The van der Waals surface area contributed by atoms with Crippen LogP contribution in [-0.2, 0) is 9.53 Å². The zero-order valence-electron chi connectivity index (χ0n) is 12.4. The number of hydrogen-bond donors (Lipinski definition) is 1. The molecule has 0 aromatic heterocycles. The van der Waals surface area contributed by atoms with Crippen LogP contribution in [0, 0.1) is 0 Å². The molecule has 0 bridgehead atoms. The molecule has 1 aromatic carbocycles. The van der Waals surface area contributed by atoms with E-state index in [1.807, 2.05) is 52.0 Å². The predicted octanol–water partition coefficient (Wildman–Crippen LogP) is 3.91. The van der Waals surface area contributed by atoms with Gasteiger partial charge < -0.3 is 10.5 Å². The zero-order valence-corrected chi connectivity index (χ0v) is 14.8. The Labute approximate surface area is 133 Å². The molecule has 0 heterocycles. The Morgan fingerprint density at radius 2 is 2.00 bits per heavy atom. The van der Waals surface area contributed by atoms with E-state index in [0.29, 0.717) is 5.75 Å². The molecule has 2 unspecified atom stereocenters. The molecule has 0 spiro atoms. The lowest BCUT2D eigenvalue weighted by Crippen LogP contribution is -2.27. The average molecular weight is 360 g/mol. The van der Waals surface area contributed by atoms with E-state index in [0.717, 1.165) is 10.0 Å². The highest BCUT2D eigenvalue weighted by Crippen LogP contribution is 2.35. The van der Waals surface area contributed by atoms with E-state index in [1.54, 1.807) is 0 Å². The van der Waals surface area contributed by atoms with Crippen LogP contribution in [0.5, 0.6) is 0 Å². The molecule has 0 saturated heterocycles. The van der Waals surface area contributed by atoms with Gasteiger partial charge >= 0.3 is 5.97 Å². The van der Waals surface area contributed by atoms with Crippen molar-refractivity contribution in [2.45, 2.75) is 44.6 Å². The summed E-state index contributed by atoms with van der Waals surface area (Å²) in [6.45, 7) is 7.55. The van der Waals surface area contributed by atoms with Gasteiger partial charge in [-0.05, 0) is 39.3 Å². The molecular formula is C15H22BrNO2S. The van der Waals surface area contributed by atoms with E-state index in [2.05, 4.69) is 15.9 Å². The second-order valence-corrected chi connectivity index (χ2v) is 7.68. The van der Waals surface area contributed by atoms with Crippen LogP contribution in [0.15, 0.2) is 28.7 Å². The Bertz CT molecular complexity index is 457. The van der Waals surface area contributed by atoms with Crippen LogP contribution in [0.25, 0.3) is 0 Å². The average Bonchev–Trinajstić information content (AvgIpc) is 2.28.